The van der Waals surface area contributed by atoms with E-state index in [0.29, 0.717) is 0 Å². The summed E-state index contributed by atoms with van der Waals surface area (Å²) in [6.45, 7) is 6.89. The van der Waals surface area contributed by atoms with Crippen LogP contribution in [0, 0.1) is 5.92 Å². The third-order valence-electron chi connectivity index (χ3n) is 3.88. The van der Waals surface area contributed by atoms with E-state index < -0.39 is 0 Å². The standard InChI is InChI=1S/C17H35/c1-4-7-8-9-10-11-12-13-14-15-16-17(5-2)6-3/h4-16H2,1-3H3. The first-order valence-electron chi connectivity index (χ1n) is 8.18. The predicted molar refractivity (Wildman–Crippen MR) is 80.3 cm³/mol. The van der Waals surface area contributed by atoms with E-state index in [-0.39, 0.29) is 0 Å². The summed E-state index contributed by atoms with van der Waals surface area (Å²) in [4.78, 5) is 0. The Morgan fingerprint density at radius 3 is 1.35 bits per heavy atom. The van der Waals surface area contributed by atoms with Crippen LogP contribution in [0.1, 0.15) is 104 Å². The van der Waals surface area contributed by atoms with Crippen LogP contribution in [0.15, 0.2) is 0 Å². The lowest BCUT2D eigenvalue weighted by Crippen LogP contribution is -1.93. The van der Waals surface area contributed by atoms with Gasteiger partial charge in [-0.25, -0.2) is 0 Å². The van der Waals surface area contributed by atoms with E-state index >= 15 is 0 Å². The zero-order valence-corrected chi connectivity index (χ0v) is 12.7. The Bertz CT molecular complexity index is 124. The summed E-state index contributed by atoms with van der Waals surface area (Å²) in [5, 5.41) is 0. The maximum Gasteiger partial charge on any atom is -0.0246 e. The lowest BCUT2D eigenvalue weighted by Gasteiger charge is -2.10. The zero-order valence-electron chi connectivity index (χ0n) is 12.7. The summed E-state index contributed by atoms with van der Waals surface area (Å²) < 4.78 is 0. The van der Waals surface area contributed by atoms with E-state index in [1.165, 1.54) is 83.5 Å². The Balaban J connectivity index is 3.03. The van der Waals surface area contributed by atoms with Crippen molar-refractivity contribution in [3.8, 4) is 0 Å². The van der Waals surface area contributed by atoms with Crippen molar-refractivity contribution in [3.05, 3.63) is 5.92 Å². The number of rotatable bonds is 13. The molecule has 0 N–H and O–H groups in total. The summed E-state index contributed by atoms with van der Waals surface area (Å²) in [6.07, 6.45) is 18.5. The molecular formula is C17H35. The minimum absolute atomic E-state index is 1.30. The van der Waals surface area contributed by atoms with E-state index in [1.807, 2.05) is 0 Å². The minimum atomic E-state index is 1.30. The number of unbranched alkanes of at least 4 members (excludes halogenated alkanes) is 9. The Labute approximate surface area is 111 Å². The van der Waals surface area contributed by atoms with Gasteiger partial charge in [0, 0.05) is 0 Å². The van der Waals surface area contributed by atoms with Crippen molar-refractivity contribution < 1.29 is 0 Å². The highest BCUT2D eigenvalue weighted by atomic mass is 14.1. The van der Waals surface area contributed by atoms with E-state index in [1.54, 1.807) is 5.92 Å². The van der Waals surface area contributed by atoms with Crippen LogP contribution in [0.5, 0.6) is 0 Å². The van der Waals surface area contributed by atoms with E-state index in [9.17, 15) is 0 Å². The van der Waals surface area contributed by atoms with Gasteiger partial charge in [0.1, 0.15) is 0 Å². The summed E-state index contributed by atoms with van der Waals surface area (Å²) >= 11 is 0. The first kappa shape index (κ1) is 17.0. The van der Waals surface area contributed by atoms with Crippen molar-refractivity contribution in [2.24, 2.45) is 0 Å². The molecule has 0 nitrogen and oxygen atoms in total. The van der Waals surface area contributed by atoms with Gasteiger partial charge in [0.05, 0.1) is 0 Å². The van der Waals surface area contributed by atoms with Gasteiger partial charge in [-0.2, -0.15) is 0 Å². The van der Waals surface area contributed by atoms with Gasteiger partial charge in [-0.05, 0) is 25.2 Å². The van der Waals surface area contributed by atoms with Gasteiger partial charge in [0.25, 0.3) is 0 Å². The normalized spacial score (nSPS) is 11.3. The summed E-state index contributed by atoms with van der Waals surface area (Å²) in [5.74, 6) is 1.77. The molecule has 0 fully saturated rings. The van der Waals surface area contributed by atoms with E-state index in [2.05, 4.69) is 20.8 Å². The maximum atomic E-state index is 2.30. The second-order valence-corrected chi connectivity index (χ2v) is 5.39. The fraction of sp³-hybridized carbons (Fsp3) is 0.941. The van der Waals surface area contributed by atoms with Crippen molar-refractivity contribution in [3.63, 3.8) is 0 Å². The lowest BCUT2D eigenvalue weighted by molar-refractivity contribution is 0.544. The van der Waals surface area contributed by atoms with Gasteiger partial charge in [-0.15, -0.1) is 0 Å². The molecule has 103 valence electrons. The van der Waals surface area contributed by atoms with Crippen molar-refractivity contribution in [1.82, 2.24) is 0 Å². The molecule has 0 aliphatic rings. The highest BCUT2D eigenvalue weighted by Gasteiger charge is 2.02. The van der Waals surface area contributed by atoms with Crippen molar-refractivity contribution in [1.29, 1.82) is 0 Å². The fourth-order valence-electron chi connectivity index (χ4n) is 2.47. The average molecular weight is 239 g/mol. The van der Waals surface area contributed by atoms with Gasteiger partial charge in [0.2, 0.25) is 0 Å². The molecule has 0 aromatic carbocycles. The molecule has 17 heavy (non-hydrogen) atoms. The molecule has 0 aromatic heterocycles. The summed E-state index contributed by atoms with van der Waals surface area (Å²) in [7, 11) is 0. The predicted octanol–water partition coefficient (Wildman–Crippen LogP) is 6.69. The van der Waals surface area contributed by atoms with Crippen LogP contribution >= 0.6 is 0 Å². The van der Waals surface area contributed by atoms with Gasteiger partial charge in [0.15, 0.2) is 0 Å². The van der Waals surface area contributed by atoms with Crippen LogP contribution < -0.4 is 0 Å². The second-order valence-electron chi connectivity index (χ2n) is 5.39. The van der Waals surface area contributed by atoms with E-state index in [4.69, 9.17) is 0 Å². The highest BCUT2D eigenvalue weighted by molar-refractivity contribution is 4.85. The molecule has 0 aromatic rings. The monoisotopic (exact) mass is 239 g/mol. The van der Waals surface area contributed by atoms with Crippen LogP contribution in [0.3, 0.4) is 0 Å². The molecule has 0 aliphatic carbocycles. The molecule has 0 heterocycles. The van der Waals surface area contributed by atoms with Crippen LogP contribution in [-0.2, 0) is 0 Å². The van der Waals surface area contributed by atoms with Gasteiger partial charge in [-0.3, -0.25) is 0 Å². The van der Waals surface area contributed by atoms with Crippen molar-refractivity contribution >= 4 is 0 Å². The fourth-order valence-corrected chi connectivity index (χ4v) is 2.47. The molecule has 0 saturated carbocycles. The molecule has 0 bridgehead atoms. The third-order valence-corrected chi connectivity index (χ3v) is 3.88. The maximum absolute atomic E-state index is 2.30. The lowest BCUT2D eigenvalue weighted by atomic mass is 9.95. The number of hydrogen-bond donors (Lipinski definition) is 0. The van der Waals surface area contributed by atoms with Crippen LogP contribution in [0.4, 0.5) is 0 Å². The number of hydrogen-bond acceptors (Lipinski definition) is 0. The molecule has 0 saturated heterocycles. The molecule has 0 rings (SSSR count). The molecule has 0 atom stereocenters. The minimum Gasteiger partial charge on any atom is -0.0654 e. The molecular weight excluding hydrogens is 204 g/mol. The Kier molecular flexibility index (Phi) is 14.1. The molecule has 0 amide bonds. The topological polar surface area (TPSA) is 0 Å². The first-order valence-corrected chi connectivity index (χ1v) is 8.18. The highest BCUT2D eigenvalue weighted by Crippen LogP contribution is 2.19. The Morgan fingerprint density at radius 1 is 0.529 bits per heavy atom. The Hall–Kier alpha value is 0. The Morgan fingerprint density at radius 2 is 0.941 bits per heavy atom. The van der Waals surface area contributed by atoms with Crippen LogP contribution in [-0.4, -0.2) is 0 Å². The first-order chi connectivity index (χ1) is 8.35. The van der Waals surface area contributed by atoms with Gasteiger partial charge < -0.3 is 0 Å². The van der Waals surface area contributed by atoms with Crippen LogP contribution in [0.2, 0.25) is 0 Å². The van der Waals surface area contributed by atoms with Gasteiger partial charge in [-0.1, -0.05) is 85.0 Å². The average Bonchev–Trinajstić information content (AvgIpc) is 2.36. The second kappa shape index (κ2) is 14.1. The largest absolute Gasteiger partial charge is 0.0654 e. The molecule has 0 heteroatoms. The SMILES string of the molecule is CCCCCCCCCCCC[C](CC)CC. The van der Waals surface area contributed by atoms with Crippen molar-refractivity contribution in [2.45, 2.75) is 104 Å². The zero-order chi connectivity index (χ0) is 12.8. The smallest absolute Gasteiger partial charge is 0.0246 e. The molecule has 0 spiro atoms. The van der Waals surface area contributed by atoms with Crippen LogP contribution in [0.25, 0.3) is 0 Å². The summed E-state index contributed by atoms with van der Waals surface area (Å²) in [5.41, 5.74) is 0. The third kappa shape index (κ3) is 12.2. The summed E-state index contributed by atoms with van der Waals surface area (Å²) in [6, 6.07) is 0. The molecule has 0 unspecified atom stereocenters. The van der Waals surface area contributed by atoms with Crippen molar-refractivity contribution in [2.75, 3.05) is 0 Å². The van der Waals surface area contributed by atoms with Gasteiger partial charge >= 0.3 is 0 Å². The molecule has 1 radical (unpaired) electrons. The molecule has 0 aliphatic heterocycles. The van der Waals surface area contributed by atoms with E-state index in [0.717, 1.165) is 0 Å². The quantitative estimate of drug-likeness (QED) is 0.314.